The van der Waals surface area contributed by atoms with Gasteiger partial charge in [-0.3, -0.25) is 0 Å². The lowest BCUT2D eigenvalue weighted by molar-refractivity contribution is -0.148. The van der Waals surface area contributed by atoms with Crippen LogP contribution >= 0.6 is 11.6 Å². The van der Waals surface area contributed by atoms with Crippen LogP contribution in [0.1, 0.15) is 11.5 Å². The fourth-order valence-corrected chi connectivity index (χ4v) is 1.46. The van der Waals surface area contributed by atoms with Crippen molar-refractivity contribution in [1.29, 1.82) is 0 Å². The third-order valence-corrected chi connectivity index (χ3v) is 2.26. The van der Waals surface area contributed by atoms with E-state index in [1.807, 2.05) is 0 Å². The molecular formula is C9H9ClF3N. The highest BCUT2D eigenvalue weighted by Crippen LogP contribution is 2.36. The third kappa shape index (κ3) is 2.39. The molecule has 0 aliphatic heterocycles. The van der Waals surface area contributed by atoms with Gasteiger partial charge in [0.2, 0.25) is 0 Å². The smallest absolute Gasteiger partial charge is 0.330 e. The summed E-state index contributed by atoms with van der Waals surface area (Å²) in [4.78, 5) is 0. The fraction of sp³-hybridized carbons (Fsp3) is 0.333. The van der Waals surface area contributed by atoms with E-state index in [1.165, 1.54) is 18.2 Å². The molecule has 1 atom stereocenters. The second-order valence-electron chi connectivity index (χ2n) is 2.85. The maximum atomic E-state index is 12.4. The van der Waals surface area contributed by atoms with Gasteiger partial charge in [-0.25, -0.2) is 0 Å². The van der Waals surface area contributed by atoms with Crippen molar-refractivity contribution >= 4 is 11.6 Å². The highest BCUT2D eigenvalue weighted by molar-refractivity contribution is 6.31. The topological polar surface area (TPSA) is 26.0 Å². The van der Waals surface area contributed by atoms with Crippen molar-refractivity contribution in [2.24, 2.45) is 5.73 Å². The van der Waals surface area contributed by atoms with Gasteiger partial charge in [0.15, 0.2) is 0 Å². The number of halogens is 4. The van der Waals surface area contributed by atoms with Gasteiger partial charge in [-0.15, -0.1) is 0 Å². The van der Waals surface area contributed by atoms with Crippen LogP contribution in [0.3, 0.4) is 0 Å². The Morgan fingerprint density at radius 2 is 1.86 bits per heavy atom. The van der Waals surface area contributed by atoms with E-state index in [1.54, 1.807) is 6.07 Å². The number of benzene rings is 1. The molecule has 0 saturated heterocycles. The Kier molecular flexibility index (Phi) is 3.39. The summed E-state index contributed by atoms with van der Waals surface area (Å²) in [5, 5.41) is 0.0975. The molecular weight excluding hydrogens is 215 g/mol. The average molecular weight is 224 g/mol. The molecule has 0 amide bonds. The Hall–Kier alpha value is -0.740. The molecule has 0 aliphatic rings. The van der Waals surface area contributed by atoms with Gasteiger partial charge < -0.3 is 5.73 Å². The van der Waals surface area contributed by atoms with Gasteiger partial charge in [0.1, 0.15) is 0 Å². The predicted molar refractivity (Wildman–Crippen MR) is 49.3 cm³/mol. The summed E-state index contributed by atoms with van der Waals surface area (Å²) >= 11 is 5.65. The van der Waals surface area contributed by atoms with E-state index in [9.17, 15) is 13.2 Å². The third-order valence-electron chi connectivity index (χ3n) is 1.91. The highest BCUT2D eigenvalue weighted by Gasteiger charge is 2.40. The summed E-state index contributed by atoms with van der Waals surface area (Å²) in [6.45, 7) is -0.493. The Bertz CT molecular complexity index is 311. The molecule has 5 heteroatoms. The van der Waals surface area contributed by atoms with E-state index in [-0.39, 0.29) is 10.6 Å². The maximum Gasteiger partial charge on any atom is 0.397 e. The average Bonchev–Trinajstić information content (AvgIpc) is 2.07. The lowest BCUT2D eigenvalue weighted by Gasteiger charge is -2.19. The fourth-order valence-electron chi connectivity index (χ4n) is 1.19. The molecule has 1 rings (SSSR count). The summed E-state index contributed by atoms with van der Waals surface area (Å²) in [5.74, 6) is -1.68. The van der Waals surface area contributed by atoms with E-state index < -0.39 is 18.6 Å². The van der Waals surface area contributed by atoms with Gasteiger partial charge in [-0.05, 0) is 11.6 Å². The SMILES string of the molecule is NC[C@H](c1ccccc1Cl)C(F)(F)F. The number of rotatable bonds is 2. The zero-order valence-corrected chi connectivity index (χ0v) is 7.94. The van der Waals surface area contributed by atoms with Crippen LogP contribution in [0.5, 0.6) is 0 Å². The molecule has 0 spiro atoms. The van der Waals surface area contributed by atoms with Crippen molar-refractivity contribution in [3.05, 3.63) is 34.9 Å². The molecule has 0 saturated carbocycles. The minimum atomic E-state index is -4.35. The summed E-state index contributed by atoms with van der Waals surface area (Å²) in [6.07, 6.45) is -4.35. The highest BCUT2D eigenvalue weighted by atomic mass is 35.5. The Labute approximate surface area is 84.7 Å². The molecule has 14 heavy (non-hydrogen) atoms. The number of hydrogen-bond acceptors (Lipinski definition) is 1. The van der Waals surface area contributed by atoms with Crippen LogP contribution in [0.15, 0.2) is 24.3 Å². The van der Waals surface area contributed by atoms with Gasteiger partial charge in [-0.1, -0.05) is 29.8 Å². The Morgan fingerprint density at radius 3 is 2.29 bits per heavy atom. The molecule has 0 aromatic heterocycles. The summed E-state index contributed by atoms with van der Waals surface area (Å²) in [7, 11) is 0. The first-order chi connectivity index (χ1) is 6.46. The van der Waals surface area contributed by atoms with Crippen LogP contribution in [-0.4, -0.2) is 12.7 Å². The van der Waals surface area contributed by atoms with Crippen molar-refractivity contribution in [3.8, 4) is 0 Å². The van der Waals surface area contributed by atoms with E-state index in [2.05, 4.69) is 0 Å². The molecule has 78 valence electrons. The first-order valence-corrected chi connectivity index (χ1v) is 4.36. The lowest BCUT2D eigenvalue weighted by Crippen LogP contribution is -2.28. The normalized spacial score (nSPS) is 14.1. The van der Waals surface area contributed by atoms with Crippen LogP contribution in [0.2, 0.25) is 5.02 Å². The minimum Gasteiger partial charge on any atom is -0.330 e. The van der Waals surface area contributed by atoms with Gasteiger partial charge >= 0.3 is 6.18 Å². The Balaban J connectivity index is 3.08. The maximum absolute atomic E-state index is 12.4. The number of alkyl halides is 3. The monoisotopic (exact) mass is 223 g/mol. The largest absolute Gasteiger partial charge is 0.397 e. The first-order valence-electron chi connectivity index (χ1n) is 3.98. The summed E-state index contributed by atoms with van der Waals surface area (Å²) in [6, 6.07) is 5.85. The zero-order chi connectivity index (χ0) is 10.8. The second kappa shape index (κ2) is 4.19. The van der Waals surface area contributed by atoms with Crippen LogP contribution < -0.4 is 5.73 Å². The molecule has 2 N–H and O–H groups in total. The van der Waals surface area contributed by atoms with E-state index >= 15 is 0 Å². The zero-order valence-electron chi connectivity index (χ0n) is 7.18. The molecule has 0 aliphatic carbocycles. The van der Waals surface area contributed by atoms with E-state index in [4.69, 9.17) is 17.3 Å². The van der Waals surface area contributed by atoms with Crippen molar-refractivity contribution < 1.29 is 13.2 Å². The van der Waals surface area contributed by atoms with Gasteiger partial charge in [-0.2, -0.15) is 13.2 Å². The van der Waals surface area contributed by atoms with Crippen molar-refractivity contribution in [1.82, 2.24) is 0 Å². The van der Waals surface area contributed by atoms with Crippen LogP contribution in [0, 0.1) is 0 Å². The molecule has 0 unspecified atom stereocenters. The van der Waals surface area contributed by atoms with E-state index in [0.717, 1.165) is 0 Å². The van der Waals surface area contributed by atoms with Gasteiger partial charge in [0.25, 0.3) is 0 Å². The van der Waals surface area contributed by atoms with Gasteiger partial charge in [0, 0.05) is 11.6 Å². The molecule has 0 bridgehead atoms. The predicted octanol–water partition coefficient (Wildman–Crippen LogP) is 2.94. The summed E-state index contributed by atoms with van der Waals surface area (Å²) < 4.78 is 37.3. The van der Waals surface area contributed by atoms with Crippen molar-refractivity contribution in [3.63, 3.8) is 0 Å². The van der Waals surface area contributed by atoms with Gasteiger partial charge in [0.05, 0.1) is 5.92 Å². The first kappa shape index (κ1) is 11.3. The van der Waals surface area contributed by atoms with Crippen molar-refractivity contribution in [2.75, 3.05) is 6.54 Å². The van der Waals surface area contributed by atoms with Crippen LogP contribution in [0.4, 0.5) is 13.2 Å². The molecule has 0 radical (unpaired) electrons. The summed E-state index contributed by atoms with van der Waals surface area (Å²) in [5.41, 5.74) is 5.11. The second-order valence-corrected chi connectivity index (χ2v) is 3.26. The van der Waals surface area contributed by atoms with E-state index in [0.29, 0.717) is 0 Å². The lowest BCUT2D eigenvalue weighted by atomic mass is 9.99. The van der Waals surface area contributed by atoms with Crippen LogP contribution in [-0.2, 0) is 0 Å². The standard InChI is InChI=1S/C9H9ClF3N/c10-8-4-2-1-3-6(8)7(5-14)9(11,12)13/h1-4,7H,5,14H2/t7-/m1/s1. The Morgan fingerprint density at radius 1 is 1.29 bits per heavy atom. The molecule has 1 aromatic rings. The van der Waals surface area contributed by atoms with Crippen molar-refractivity contribution in [2.45, 2.75) is 12.1 Å². The molecule has 0 fully saturated rings. The minimum absolute atomic E-state index is 0.0316. The van der Waals surface area contributed by atoms with Crippen LogP contribution in [0.25, 0.3) is 0 Å². The molecule has 1 nitrogen and oxygen atoms in total. The number of nitrogens with two attached hydrogens (primary N) is 1. The molecule has 1 aromatic carbocycles. The number of hydrogen-bond donors (Lipinski definition) is 1. The quantitative estimate of drug-likeness (QED) is 0.820. The molecule has 0 heterocycles.